The third-order valence-electron chi connectivity index (χ3n) is 0.777. The molecule has 0 aromatic rings. The Hall–Kier alpha value is 0.160. The van der Waals surface area contributed by atoms with E-state index < -0.39 is 0 Å². The molecule has 1 amide bonds. The maximum Gasteiger partial charge on any atom is 0.248 e. The first-order valence-electron chi connectivity index (χ1n) is 1.97. The molecule has 0 bridgehead atoms. The molecule has 0 saturated carbocycles. The SMILES string of the molecule is O=C1NNCC1I. The van der Waals surface area contributed by atoms with Gasteiger partial charge in [0.2, 0.25) is 5.91 Å². The summed E-state index contributed by atoms with van der Waals surface area (Å²) < 4.78 is 0.123. The van der Waals surface area contributed by atoms with E-state index >= 15 is 0 Å². The van der Waals surface area contributed by atoms with Gasteiger partial charge in [0.05, 0.1) is 0 Å². The number of carbonyl (C=O) groups excluding carboxylic acids is 1. The topological polar surface area (TPSA) is 41.1 Å². The Morgan fingerprint density at radius 1 is 1.86 bits per heavy atom. The summed E-state index contributed by atoms with van der Waals surface area (Å²) in [6.45, 7) is 0.749. The van der Waals surface area contributed by atoms with Crippen molar-refractivity contribution in [1.29, 1.82) is 0 Å². The number of alkyl halides is 1. The van der Waals surface area contributed by atoms with Gasteiger partial charge in [-0.15, -0.1) is 0 Å². The van der Waals surface area contributed by atoms with Crippen LogP contribution in [0.25, 0.3) is 0 Å². The maximum atomic E-state index is 10.4. The number of hydrazine groups is 1. The molecule has 0 radical (unpaired) electrons. The second-order valence-corrected chi connectivity index (χ2v) is 2.84. The number of carbonyl (C=O) groups is 1. The zero-order valence-electron chi connectivity index (χ0n) is 3.57. The number of rotatable bonds is 0. The molecule has 0 spiro atoms. The van der Waals surface area contributed by atoms with Crippen molar-refractivity contribution in [3.63, 3.8) is 0 Å². The van der Waals surface area contributed by atoms with Gasteiger partial charge in [-0.25, -0.2) is 5.43 Å². The first-order valence-corrected chi connectivity index (χ1v) is 3.22. The third-order valence-corrected chi connectivity index (χ3v) is 1.78. The molecule has 1 unspecified atom stereocenters. The van der Waals surface area contributed by atoms with E-state index in [1.807, 2.05) is 0 Å². The Bertz CT molecular complexity index is 94.9. The van der Waals surface area contributed by atoms with Gasteiger partial charge in [-0.3, -0.25) is 10.2 Å². The van der Waals surface area contributed by atoms with Crippen LogP contribution in [0.1, 0.15) is 0 Å². The lowest BCUT2D eigenvalue weighted by molar-refractivity contribution is -0.118. The Balaban J connectivity index is 2.48. The summed E-state index contributed by atoms with van der Waals surface area (Å²) in [6.07, 6.45) is 0. The summed E-state index contributed by atoms with van der Waals surface area (Å²) in [4.78, 5) is 10.4. The number of hydrogen-bond donors (Lipinski definition) is 2. The molecule has 40 valence electrons. The lowest BCUT2D eigenvalue weighted by Gasteiger charge is -1.86. The first-order chi connectivity index (χ1) is 3.30. The van der Waals surface area contributed by atoms with Crippen molar-refractivity contribution in [2.45, 2.75) is 3.92 Å². The number of amides is 1. The zero-order chi connectivity index (χ0) is 5.28. The minimum Gasteiger partial charge on any atom is -0.291 e. The van der Waals surface area contributed by atoms with Crippen molar-refractivity contribution < 1.29 is 4.79 Å². The van der Waals surface area contributed by atoms with Gasteiger partial charge in [-0.05, 0) is 0 Å². The lowest BCUT2D eigenvalue weighted by atomic mass is 10.5. The fourth-order valence-corrected chi connectivity index (χ4v) is 0.775. The number of hydrogen-bond acceptors (Lipinski definition) is 2. The van der Waals surface area contributed by atoms with E-state index in [1.54, 1.807) is 0 Å². The van der Waals surface area contributed by atoms with Crippen LogP contribution in [0.2, 0.25) is 0 Å². The largest absolute Gasteiger partial charge is 0.291 e. The quantitative estimate of drug-likeness (QED) is 0.416. The fraction of sp³-hybridized carbons (Fsp3) is 0.667. The molecular formula is C3H5IN2O. The summed E-state index contributed by atoms with van der Waals surface area (Å²) >= 11 is 2.08. The van der Waals surface area contributed by atoms with Gasteiger partial charge in [-0.1, -0.05) is 22.6 Å². The standard InChI is InChI=1S/C3H5IN2O/c4-2-1-5-6-3(2)7/h2,5H,1H2,(H,6,7). The van der Waals surface area contributed by atoms with Crippen molar-refractivity contribution in [3.8, 4) is 0 Å². The van der Waals surface area contributed by atoms with Crippen LogP contribution in [0.3, 0.4) is 0 Å². The molecular weight excluding hydrogens is 207 g/mol. The fourth-order valence-electron chi connectivity index (χ4n) is 0.399. The monoisotopic (exact) mass is 212 g/mol. The van der Waals surface area contributed by atoms with Crippen LogP contribution in [0.5, 0.6) is 0 Å². The van der Waals surface area contributed by atoms with Crippen LogP contribution in [0.4, 0.5) is 0 Å². The van der Waals surface area contributed by atoms with Gasteiger partial charge < -0.3 is 0 Å². The predicted octanol–water partition coefficient (Wildman–Crippen LogP) is -0.576. The van der Waals surface area contributed by atoms with Crippen LogP contribution < -0.4 is 10.9 Å². The predicted molar refractivity (Wildman–Crippen MR) is 34.0 cm³/mol. The van der Waals surface area contributed by atoms with Gasteiger partial charge in [-0.2, -0.15) is 0 Å². The van der Waals surface area contributed by atoms with E-state index in [0.717, 1.165) is 6.54 Å². The van der Waals surface area contributed by atoms with Crippen LogP contribution in [0, 0.1) is 0 Å². The highest BCUT2D eigenvalue weighted by Gasteiger charge is 2.19. The van der Waals surface area contributed by atoms with Crippen molar-refractivity contribution in [2.24, 2.45) is 0 Å². The average molecular weight is 212 g/mol. The van der Waals surface area contributed by atoms with Gasteiger partial charge in [0.25, 0.3) is 0 Å². The normalized spacial score (nSPS) is 30.4. The van der Waals surface area contributed by atoms with E-state index in [0.29, 0.717) is 0 Å². The Kier molecular flexibility index (Phi) is 1.48. The lowest BCUT2D eigenvalue weighted by Crippen LogP contribution is -2.26. The second kappa shape index (κ2) is 1.95. The van der Waals surface area contributed by atoms with E-state index in [9.17, 15) is 4.79 Å². The summed E-state index contributed by atoms with van der Waals surface area (Å²) in [5.74, 6) is 0.0839. The summed E-state index contributed by atoms with van der Waals surface area (Å²) in [5.41, 5.74) is 5.19. The minimum absolute atomic E-state index is 0.0839. The maximum absolute atomic E-state index is 10.4. The van der Waals surface area contributed by atoms with Gasteiger partial charge in [0.1, 0.15) is 3.92 Å². The molecule has 0 aromatic carbocycles. The Morgan fingerprint density at radius 2 is 2.57 bits per heavy atom. The molecule has 1 aliphatic heterocycles. The second-order valence-electron chi connectivity index (χ2n) is 1.34. The molecule has 1 saturated heterocycles. The minimum atomic E-state index is 0.0839. The van der Waals surface area contributed by atoms with Crippen LogP contribution >= 0.6 is 22.6 Å². The van der Waals surface area contributed by atoms with Crippen molar-refractivity contribution in [2.75, 3.05) is 6.54 Å². The molecule has 0 aliphatic carbocycles. The van der Waals surface area contributed by atoms with Gasteiger partial charge in [0, 0.05) is 6.54 Å². The molecule has 3 nitrogen and oxygen atoms in total. The molecule has 1 atom stereocenters. The van der Waals surface area contributed by atoms with Crippen LogP contribution in [-0.4, -0.2) is 16.4 Å². The highest BCUT2D eigenvalue weighted by molar-refractivity contribution is 14.1. The summed E-state index contributed by atoms with van der Waals surface area (Å²) in [5, 5.41) is 0. The highest BCUT2D eigenvalue weighted by atomic mass is 127. The van der Waals surface area contributed by atoms with E-state index in [2.05, 4.69) is 33.4 Å². The van der Waals surface area contributed by atoms with Crippen LogP contribution in [0.15, 0.2) is 0 Å². The van der Waals surface area contributed by atoms with Crippen molar-refractivity contribution in [1.82, 2.24) is 10.9 Å². The molecule has 7 heavy (non-hydrogen) atoms. The molecule has 1 aliphatic rings. The molecule has 1 rings (SSSR count). The summed E-state index contributed by atoms with van der Waals surface area (Å²) in [6, 6.07) is 0. The van der Waals surface area contributed by atoms with E-state index in [1.165, 1.54) is 0 Å². The average Bonchev–Trinajstić information content (AvgIpc) is 1.91. The molecule has 1 heterocycles. The first kappa shape index (κ1) is 5.30. The third kappa shape index (κ3) is 1.03. The van der Waals surface area contributed by atoms with Gasteiger partial charge in [0.15, 0.2) is 0 Å². The van der Waals surface area contributed by atoms with Gasteiger partial charge >= 0.3 is 0 Å². The van der Waals surface area contributed by atoms with E-state index in [-0.39, 0.29) is 9.83 Å². The van der Waals surface area contributed by atoms with Crippen LogP contribution in [-0.2, 0) is 4.79 Å². The Morgan fingerprint density at radius 3 is 2.71 bits per heavy atom. The van der Waals surface area contributed by atoms with Crippen molar-refractivity contribution >= 4 is 28.5 Å². The smallest absolute Gasteiger partial charge is 0.248 e. The zero-order valence-corrected chi connectivity index (χ0v) is 5.73. The Labute approximate surface area is 55.0 Å². The molecule has 2 N–H and O–H groups in total. The summed E-state index contributed by atoms with van der Waals surface area (Å²) in [7, 11) is 0. The molecule has 0 aromatic heterocycles. The number of halogens is 1. The van der Waals surface area contributed by atoms with E-state index in [4.69, 9.17) is 0 Å². The molecule has 1 fully saturated rings. The molecule has 4 heteroatoms. The number of nitrogens with one attached hydrogen (secondary N) is 2. The van der Waals surface area contributed by atoms with Crippen molar-refractivity contribution in [3.05, 3.63) is 0 Å². The highest BCUT2D eigenvalue weighted by Crippen LogP contribution is 2.00.